The fourth-order valence-corrected chi connectivity index (χ4v) is 2.72. The Morgan fingerprint density at radius 1 is 1.35 bits per heavy atom. The van der Waals surface area contributed by atoms with Gasteiger partial charge in [-0.3, -0.25) is 0 Å². The van der Waals surface area contributed by atoms with Crippen molar-refractivity contribution in [2.24, 2.45) is 0 Å². The van der Waals surface area contributed by atoms with Crippen LogP contribution in [0.3, 0.4) is 0 Å². The maximum Gasteiger partial charge on any atom is 0.0529 e. The van der Waals surface area contributed by atoms with Gasteiger partial charge in [-0.25, -0.2) is 0 Å². The number of aromatic nitrogens is 1. The third-order valence-corrected chi connectivity index (χ3v) is 3.40. The van der Waals surface area contributed by atoms with Crippen molar-refractivity contribution in [1.29, 1.82) is 0 Å². The molecule has 0 amide bonds. The van der Waals surface area contributed by atoms with Crippen molar-refractivity contribution >= 4 is 10.9 Å². The largest absolute Gasteiger partial charge is 0.346 e. The Morgan fingerprint density at radius 2 is 2.24 bits per heavy atom. The van der Waals surface area contributed by atoms with Gasteiger partial charge < -0.3 is 14.8 Å². The third-order valence-electron chi connectivity index (χ3n) is 3.40. The summed E-state index contributed by atoms with van der Waals surface area (Å²) in [4.78, 5) is 2.23. The van der Waals surface area contributed by atoms with Crippen LogP contribution in [0, 0.1) is 0 Å². The van der Waals surface area contributed by atoms with Crippen molar-refractivity contribution in [1.82, 2.24) is 14.8 Å². The number of benzene rings is 1. The van der Waals surface area contributed by atoms with Crippen LogP contribution in [0.25, 0.3) is 10.9 Å². The molecule has 1 aromatic carbocycles. The highest BCUT2D eigenvalue weighted by Gasteiger charge is 2.14. The Bertz CT molecular complexity index is 540. The van der Waals surface area contributed by atoms with E-state index in [1.54, 1.807) is 0 Å². The van der Waals surface area contributed by atoms with Gasteiger partial charge in [0.05, 0.1) is 5.52 Å². The van der Waals surface area contributed by atoms with E-state index in [9.17, 15) is 0 Å². The normalized spacial score (nSPS) is 15.5. The number of nitrogens with zero attached hydrogens (tertiary/aromatic N) is 2. The summed E-state index contributed by atoms with van der Waals surface area (Å²) in [6, 6.07) is 6.66. The van der Waals surface area contributed by atoms with Crippen molar-refractivity contribution in [2.75, 3.05) is 20.6 Å². The van der Waals surface area contributed by atoms with Gasteiger partial charge in [-0.1, -0.05) is 18.2 Å². The summed E-state index contributed by atoms with van der Waals surface area (Å²) in [6.07, 6.45) is 2.32. The van der Waals surface area contributed by atoms with Gasteiger partial charge in [0.2, 0.25) is 0 Å². The summed E-state index contributed by atoms with van der Waals surface area (Å²) in [5.74, 6) is 0. The second kappa shape index (κ2) is 4.17. The van der Waals surface area contributed by atoms with Crippen LogP contribution in [0.2, 0.25) is 0 Å². The van der Waals surface area contributed by atoms with E-state index in [1.165, 1.54) is 22.0 Å². The molecule has 0 aliphatic carbocycles. The lowest BCUT2D eigenvalue weighted by Gasteiger charge is -2.08. The zero-order valence-corrected chi connectivity index (χ0v) is 10.5. The van der Waals surface area contributed by atoms with Crippen molar-refractivity contribution in [3.05, 3.63) is 35.5 Å². The summed E-state index contributed by atoms with van der Waals surface area (Å²) >= 11 is 0. The zero-order valence-electron chi connectivity index (χ0n) is 10.5. The molecule has 1 aliphatic rings. The molecule has 0 unspecified atom stereocenters. The molecular weight excluding hydrogens is 210 g/mol. The van der Waals surface area contributed by atoms with Crippen molar-refractivity contribution in [3.8, 4) is 0 Å². The second-order valence-electron chi connectivity index (χ2n) is 5.08. The number of para-hydroxylation sites is 1. The Balaban J connectivity index is 2.20. The second-order valence-corrected chi connectivity index (χ2v) is 5.08. The van der Waals surface area contributed by atoms with E-state index in [1.807, 2.05) is 0 Å². The molecule has 17 heavy (non-hydrogen) atoms. The highest BCUT2D eigenvalue weighted by Crippen LogP contribution is 2.26. The van der Waals surface area contributed by atoms with Gasteiger partial charge in [0.25, 0.3) is 0 Å². The fourth-order valence-electron chi connectivity index (χ4n) is 2.72. The number of rotatable bonds is 2. The van der Waals surface area contributed by atoms with Gasteiger partial charge >= 0.3 is 0 Å². The van der Waals surface area contributed by atoms with Gasteiger partial charge in [-0.05, 0) is 25.2 Å². The van der Waals surface area contributed by atoms with Gasteiger partial charge in [0.1, 0.15) is 0 Å². The molecule has 3 rings (SSSR count). The molecule has 2 heterocycles. The van der Waals surface area contributed by atoms with Crippen LogP contribution < -0.4 is 5.32 Å². The highest BCUT2D eigenvalue weighted by atomic mass is 15.1. The molecule has 1 aliphatic heterocycles. The van der Waals surface area contributed by atoms with E-state index in [-0.39, 0.29) is 0 Å². The Kier molecular flexibility index (Phi) is 2.65. The molecule has 0 saturated carbocycles. The zero-order chi connectivity index (χ0) is 11.8. The summed E-state index contributed by atoms with van der Waals surface area (Å²) < 4.78 is 2.41. The molecule has 1 N–H and O–H groups in total. The van der Waals surface area contributed by atoms with Crippen LogP contribution in [-0.2, 0) is 19.6 Å². The first-order valence-corrected chi connectivity index (χ1v) is 6.21. The smallest absolute Gasteiger partial charge is 0.0529 e. The first kappa shape index (κ1) is 10.8. The molecule has 0 spiro atoms. The predicted octanol–water partition coefficient (Wildman–Crippen LogP) is 1.81. The summed E-state index contributed by atoms with van der Waals surface area (Å²) in [5, 5.41) is 4.89. The maximum atomic E-state index is 3.47. The summed E-state index contributed by atoms with van der Waals surface area (Å²) in [5.41, 5.74) is 4.29. The van der Waals surface area contributed by atoms with E-state index >= 15 is 0 Å². The minimum Gasteiger partial charge on any atom is -0.346 e. The van der Waals surface area contributed by atoms with E-state index in [0.29, 0.717) is 0 Å². The Morgan fingerprint density at radius 3 is 3.06 bits per heavy atom. The SMILES string of the molecule is CN(C)Cc1cn2c3c(cccc13)CNCC2. The Labute approximate surface area is 102 Å². The topological polar surface area (TPSA) is 20.2 Å². The predicted molar refractivity (Wildman–Crippen MR) is 71.0 cm³/mol. The van der Waals surface area contributed by atoms with Gasteiger partial charge in [-0.2, -0.15) is 0 Å². The van der Waals surface area contributed by atoms with Crippen LogP contribution in [0.4, 0.5) is 0 Å². The number of hydrogen-bond donors (Lipinski definition) is 1. The standard InChI is InChI=1S/C14H19N3/c1-16(2)9-12-10-17-7-6-15-8-11-4-3-5-13(12)14(11)17/h3-5,10,15H,6-9H2,1-2H3. The average Bonchev–Trinajstić information content (AvgIpc) is 2.51. The first-order valence-electron chi connectivity index (χ1n) is 6.21. The molecule has 0 atom stereocenters. The van der Waals surface area contributed by atoms with E-state index in [2.05, 4.69) is 53.3 Å². The number of nitrogens with one attached hydrogen (secondary N) is 1. The molecule has 3 nitrogen and oxygen atoms in total. The van der Waals surface area contributed by atoms with E-state index < -0.39 is 0 Å². The molecular formula is C14H19N3. The molecule has 90 valence electrons. The van der Waals surface area contributed by atoms with Crippen molar-refractivity contribution in [3.63, 3.8) is 0 Å². The average molecular weight is 229 g/mol. The monoisotopic (exact) mass is 229 g/mol. The maximum absolute atomic E-state index is 3.47. The molecule has 1 aromatic heterocycles. The van der Waals surface area contributed by atoms with Gasteiger partial charge in [0.15, 0.2) is 0 Å². The minimum atomic E-state index is 0.989. The first-order chi connectivity index (χ1) is 8.25. The van der Waals surface area contributed by atoms with E-state index in [0.717, 1.165) is 26.2 Å². The molecule has 0 fully saturated rings. The molecule has 2 aromatic rings. The lowest BCUT2D eigenvalue weighted by Crippen LogP contribution is -2.15. The summed E-state index contributed by atoms with van der Waals surface area (Å²) in [6.45, 7) is 4.13. The fraction of sp³-hybridized carbons (Fsp3) is 0.429. The third kappa shape index (κ3) is 1.85. The molecule has 3 heteroatoms. The minimum absolute atomic E-state index is 0.989. The highest BCUT2D eigenvalue weighted by molar-refractivity contribution is 5.87. The van der Waals surface area contributed by atoms with Crippen LogP contribution in [0.1, 0.15) is 11.1 Å². The molecule has 0 saturated heterocycles. The summed E-state index contributed by atoms with van der Waals surface area (Å²) in [7, 11) is 4.25. The van der Waals surface area contributed by atoms with E-state index in [4.69, 9.17) is 0 Å². The lowest BCUT2D eigenvalue weighted by molar-refractivity contribution is 0.403. The van der Waals surface area contributed by atoms with Gasteiger partial charge in [-0.15, -0.1) is 0 Å². The van der Waals surface area contributed by atoms with Crippen molar-refractivity contribution in [2.45, 2.75) is 19.6 Å². The molecule has 0 bridgehead atoms. The quantitative estimate of drug-likeness (QED) is 0.847. The number of hydrogen-bond acceptors (Lipinski definition) is 2. The van der Waals surface area contributed by atoms with Crippen LogP contribution in [0.15, 0.2) is 24.4 Å². The van der Waals surface area contributed by atoms with Crippen molar-refractivity contribution < 1.29 is 0 Å². The lowest BCUT2D eigenvalue weighted by atomic mass is 10.1. The Hall–Kier alpha value is -1.32. The van der Waals surface area contributed by atoms with Crippen LogP contribution in [0.5, 0.6) is 0 Å². The van der Waals surface area contributed by atoms with Gasteiger partial charge in [0, 0.05) is 37.8 Å². The molecule has 0 radical (unpaired) electrons. The van der Waals surface area contributed by atoms with Crippen LogP contribution in [-0.4, -0.2) is 30.1 Å². The van der Waals surface area contributed by atoms with Crippen LogP contribution >= 0.6 is 0 Å².